The van der Waals surface area contributed by atoms with Gasteiger partial charge in [0.05, 0.1) is 0 Å². The van der Waals surface area contributed by atoms with Crippen LogP contribution in [0.1, 0.15) is 24.5 Å². The lowest BCUT2D eigenvalue weighted by Crippen LogP contribution is -2.46. The fourth-order valence-electron chi connectivity index (χ4n) is 3.49. The van der Waals surface area contributed by atoms with E-state index in [4.69, 9.17) is 11.6 Å². The van der Waals surface area contributed by atoms with Crippen molar-refractivity contribution in [1.82, 2.24) is 8.61 Å². The Morgan fingerprint density at radius 2 is 1.90 bits per heavy atom. The van der Waals surface area contributed by atoms with Gasteiger partial charge in [-0.15, -0.1) is 0 Å². The van der Waals surface area contributed by atoms with Crippen LogP contribution in [-0.2, 0) is 21.5 Å². The third-order valence-corrected chi connectivity index (χ3v) is 7.53. The molecular weight excluding hydrogens is 410 g/mol. The van der Waals surface area contributed by atoms with Crippen molar-refractivity contribution in [3.05, 3.63) is 64.7 Å². The molecule has 3 rings (SSSR count). The summed E-state index contributed by atoms with van der Waals surface area (Å²) in [5.41, 5.74) is 2.39. The second-order valence-electron chi connectivity index (χ2n) is 7.24. The third-order valence-electron chi connectivity index (χ3n) is 5.15. The van der Waals surface area contributed by atoms with E-state index in [0.29, 0.717) is 23.7 Å². The number of aryl methyl sites for hydroxylation is 1. The maximum Gasteiger partial charge on any atom is 0.283 e. The second-order valence-corrected chi connectivity index (χ2v) is 9.53. The van der Waals surface area contributed by atoms with E-state index in [2.05, 4.69) is 0 Å². The van der Waals surface area contributed by atoms with Crippen LogP contribution in [0.3, 0.4) is 0 Å². The van der Waals surface area contributed by atoms with Crippen molar-refractivity contribution < 1.29 is 13.2 Å². The van der Waals surface area contributed by atoms with Crippen LogP contribution in [-0.4, -0.2) is 49.1 Å². The highest BCUT2D eigenvalue weighted by Crippen LogP contribution is 2.29. The highest BCUT2D eigenvalue weighted by Gasteiger charge is 2.47. The van der Waals surface area contributed by atoms with Crippen LogP contribution in [0.4, 0.5) is 5.69 Å². The molecule has 8 heteroatoms. The van der Waals surface area contributed by atoms with Gasteiger partial charge in [-0.1, -0.05) is 48.9 Å². The van der Waals surface area contributed by atoms with Crippen molar-refractivity contribution >= 4 is 33.4 Å². The molecule has 6 nitrogen and oxygen atoms in total. The molecule has 2 aromatic rings. The molecule has 0 N–H and O–H groups in total. The zero-order valence-corrected chi connectivity index (χ0v) is 18.4. The number of anilines is 1. The number of benzene rings is 2. The maximum atomic E-state index is 13.3. The molecule has 1 saturated heterocycles. The SMILES string of the molecule is CCCN1C[C@@H](C(=O)N(C)c2ccc(Cl)c(C)c2)N(Cc2ccccc2)S1(=O)=O. The molecule has 1 fully saturated rings. The molecule has 29 heavy (non-hydrogen) atoms. The summed E-state index contributed by atoms with van der Waals surface area (Å²) in [5.74, 6) is -0.259. The van der Waals surface area contributed by atoms with E-state index in [1.807, 2.05) is 50.2 Å². The van der Waals surface area contributed by atoms with Gasteiger partial charge >= 0.3 is 0 Å². The van der Waals surface area contributed by atoms with Gasteiger partial charge in [0.2, 0.25) is 5.91 Å². The highest BCUT2D eigenvalue weighted by atomic mass is 35.5. The Morgan fingerprint density at radius 3 is 2.52 bits per heavy atom. The van der Waals surface area contributed by atoms with Crippen LogP contribution in [0.2, 0.25) is 5.02 Å². The summed E-state index contributed by atoms with van der Waals surface area (Å²) in [6.45, 7) is 4.50. The first-order valence-electron chi connectivity index (χ1n) is 9.60. The van der Waals surface area contributed by atoms with E-state index in [9.17, 15) is 13.2 Å². The fourth-order valence-corrected chi connectivity index (χ4v) is 5.44. The molecule has 0 unspecified atom stereocenters. The molecule has 1 amide bonds. The minimum atomic E-state index is -3.71. The van der Waals surface area contributed by atoms with Crippen LogP contribution in [0.15, 0.2) is 48.5 Å². The summed E-state index contributed by atoms with van der Waals surface area (Å²) < 4.78 is 29.0. The van der Waals surface area contributed by atoms with Gasteiger partial charge in [-0.2, -0.15) is 17.0 Å². The Balaban J connectivity index is 1.92. The van der Waals surface area contributed by atoms with Crippen molar-refractivity contribution in [3.63, 3.8) is 0 Å². The van der Waals surface area contributed by atoms with E-state index >= 15 is 0 Å². The second kappa shape index (κ2) is 8.83. The van der Waals surface area contributed by atoms with E-state index in [-0.39, 0.29) is 19.0 Å². The molecule has 156 valence electrons. The summed E-state index contributed by atoms with van der Waals surface area (Å²) in [4.78, 5) is 14.9. The number of carbonyl (C=O) groups excluding carboxylic acids is 1. The average molecular weight is 436 g/mol. The van der Waals surface area contributed by atoms with Crippen LogP contribution >= 0.6 is 11.6 Å². The quantitative estimate of drug-likeness (QED) is 0.698. The van der Waals surface area contributed by atoms with Gasteiger partial charge in [-0.05, 0) is 42.7 Å². The number of amides is 1. The maximum absolute atomic E-state index is 13.3. The predicted molar refractivity (Wildman–Crippen MR) is 116 cm³/mol. The van der Waals surface area contributed by atoms with Gasteiger partial charge in [-0.3, -0.25) is 4.79 Å². The van der Waals surface area contributed by atoms with Crippen molar-refractivity contribution in [2.45, 2.75) is 32.9 Å². The standard InChI is InChI=1S/C21H26ClN3O3S/c1-4-12-24-15-20(21(26)23(3)18-10-11-19(22)16(2)13-18)25(29(24,27)28)14-17-8-6-5-7-9-17/h5-11,13,20H,4,12,14-15H2,1-3H3/t20-/m0/s1. The van der Waals surface area contributed by atoms with Gasteiger partial charge in [0, 0.05) is 37.4 Å². The highest BCUT2D eigenvalue weighted by molar-refractivity contribution is 7.87. The molecule has 2 aromatic carbocycles. The molecule has 1 heterocycles. The smallest absolute Gasteiger partial charge is 0.283 e. The molecule has 0 bridgehead atoms. The zero-order chi connectivity index (χ0) is 21.2. The molecule has 0 radical (unpaired) electrons. The fraction of sp³-hybridized carbons (Fsp3) is 0.381. The first-order valence-corrected chi connectivity index (χ1v) is 11.4. The average Bonchev–Trinajstić information content (AvgIpc) is 2.94. The van der Waals surface area contributed by atoms with Crippen LogP contribution in [0.25, 0.3) is 0 Å². The van der Waals surface area contributed by atoms with Gasteiger partial charge in [0.1, 0.15) is 6.04 Å². The van der Waals surface area contributed by atoms with Crippen LogP contribution in [0.5, 0.6) is 0 Å². The summed E-state index contributed by atoms with van der Waals surface area (Å²) in [6.07, 6.45) is 0.686. The number of hydrogen-bond donors (Lipinski definition) is 0. The molecule has 0 saturated carbocycles. The van der Waals surface area contributed by atoms with Crippen molar-refractivity contribution in [3.8, 4) is 0 Å². The third kappa shape index (κ3) is 4.48. The monoisotopic (exact) mass is 435 g/mol. The summed E-state index contributed by atoms with van der Waals surface area (Å²) in [6, 6.07) is 13.9. The number of nitrogens with zero attached hydrogens (tertiary/aromatic N) is 3. The van der Waals surface area contributed by atoms with Gasteiger partial charge in [0.25, 0.3) is 10.2 Å². The minimum absolute atomic E-state index is 0.152. The number of halogens is 1. The lowest BCUT2D eigenvalue weighted by atomic mass is 10.1. The Labute approximate surface area is 177 Å². The number of hydrogen-bond acceptors (Lipinski definition) is 3. The Morgan fingerprint density at radius 1 is 1.21 bits per heavy atom. The van der Waals surface area contributed by atoms with Crippen molar-refractivity contribution in [2.24, 2.45) is 0 Å². The molecule has 0 aliphatic carbocycles. The van der Waals surface area contributed by atoms with E-state index in [1.54, 1.807) is 19.2 Å². The molecule has 1 atom stereocenters. The molecule has 1 aliphatic rings. The van der Waals surface area contributed by atoms with E-state index < -0.39 is 16.3 Å². The largest absolute Gasteiger partial charge is 0.314 e. The molecule has 0 spiro atoms. The normalized spacial score (nSPS) is 19.4. The Bertz CT molecular complexity index is 982. The van der Waals surface area contributed by atoms with Crippen LogP contribution in [0, 0.1) is 6.92 Å². The van der Waals surface area contributed by atoms with Gasteiger partial charge in [-0.25, -0.2) is 0 Å². The lowest BCUT2D eigenvalue weighted by Gasteiger charge is -2.26. The lowest BCUT2D eigenvalue weighted by molar-refractivity contribution is -0.121. The van der Waals surface area contributed by atoms with E-state index in [1.165, 1.54) is 13.5 Å². The Hall–Kier alpha value is -1.93. The summed E-state index contributed by atoms with van der Waals surface area (Å²) >= 11 is 6.10. The molecule has 0 aromatic heterocycles. The number of likely N-dealkylation sites (N-methyl/N-ethyl adjacent to an activating group) is 1. The summed E-state index contributed by atoms with van der Waals surface area (Å²) in [7, 11) is -2.05. The van der Waals surface area contributed by atoms with Gasteiger partial charge < -0.3 is 4.90 Å². The molecular formula is C21H26ClN3O3S. The Kier molecular flexibility index (Phi) is 6.63. The van der Waals surface area contributed by atoms with Crippen molar-refractivity contribution in [2.75, 3.05) is 25.0 Å². The topological polar surface area (TPSA) is 60.9 Å². The molecule has 1 aliphatic heterocycles. The van der Waals surface area contributed by atoms with Crippen molar-refractivity contribution in [1.29, 1.82) is 0 Å². The van der Waals surface area contributed by atoms with Crippen LogP contribution < -0.4 is 4.90 Å². The first kappa shape index (κ1) is 21.8. The zero-order valence-electron chi connectivity index (χ0n) is 16.9. The predicted octanol–water partition coefficient (Wildman–Crippen LogP) is 3.45. The first-order chi connectivity index (χ1) is 13.8. The number of rotatable bonds is 6. The van der Waals surface area contributed by atoms with E-state index in [0.717, 1.165) is 11.1 Å². The number of carbonyl (C=O) groups is 1. The summed E-state index contributed by atoms with van der Waals surface area (Å²) in [5, 5.41) is 0.623. The van der Waals surface area contributed by atoms with Gasteiger partial charge in [0.15, 0.2) is 0 Å². The minimum Gasteiger partial charge on any atom is -0.314 e.